The molecule has 1 unspecified atom stereocenters. The zero-order chi connectivity index (χ0) is 11.7. The zero-order valence-electron chi connectivity index (χ0n) is 8.99. The number of hydrogen-bond donors (Lipinski definition) is 2. The summed E-state index contributed by atoms with van der Waals surface area (Å²) in [5.74, 6) is -1.07. The van der Waals surface area contributed by atoms with Gasteiger partial charge in [-0.05, 0) is 19.8 Å². The summed E-state index contributed by atoms with van der Waals surface area (Å²) in [4.78, 5) is 21.7. The highest BCUT2D eigenvalue weighted by molar-refractivity contribution is 5.79. The number of rotatable bonds is 7. The van der Waals surface area contributed by atoms with Crippen LogP contribution in [-0.2, 0) is 14.3 Å². The second-order valence-electron chi connectivity index (χ2n) is 2.89. The molecule has 0 spiro atoms. The largest absolute Gasteiger partial charge is 0.480 e. The average molecular weight is 219 g/mol. The van der Waals surface area contributed by atoms with Crippen molar-refractivity contribution in [2.75, 3.05) is 20.3 Å². The van der Waals surface area contributed by atoms with Crippen LogP contribution in [0.4, 0.5) is 4.79 Å². The molecule has 0 aromatic carbocycles. The number of carboxylic acid groups (broad SMARTS) is 1. The Hall–Kier alpha value is -1.30. The Bertz CT molecular complexity index is 207. The smallest absolute Gasteiger partial charge is 0.407 e. The van der Waals surface area contributed by atoms with Crippen LogP contribution in [0.2, 0.25) is 0 Å². The predicted octanol–water partition coefficient (Wildman–Crippen LogP) is 0.612. The minimum absolute atomic E-state index is 0.218. The number of alkyl carbamates (subject to hydrolysis) is 1. The van der Waals surface area contributed by atoms with Crippen molar-refractivity contribution in [1.29, 1.82) is 0 Å². The van der Waals surface area contributed by atoms with Gasteiger partial charge in [0.25, 0.3) is 0 Å². The van der Waals surface area contributed by atoms with E-state index < -0.39 is 18.1 Å². The lowest BCUT2D eigenvalue weighted by Gasteiger charge is -2.13. The van der Waals surface area contributed by atoms with E-state index >= 15 is 0 Å². The fourth-order valence-corrected chi connectivity index (χ4v) is 1.00. The normalized spacial score (nSPS) is 11.9. The molecule has 88 valence electrons. The molecule has 2 N–H and O–H groups in total. The minimum atomic E-state index is -1.07. The van der Waals surface area contributed by atoms with Gasteiger partial charge in [-0.3, -0.25) is 0 Å². The number of hydrogen-bond acceptors (Lipinski definition) is 4. The van der Waals surface area contributed by atoms with E-state index in [4.69, 9.17) is 9.84 Å². The van der Waals surface area contributed by atoms with Gasteiger partial charge in [-0.25, -0.2) is 9.59 Å². The summed E-state index contributed by atoms with van der Waals surface area (Å²) in [6.45, 7) is 2.34. The number of amides is 1. The zero-order valence-corrected chi connectivity index (χ0v) is 8.99. The fourth-order valence-electron chi connectivity index (χ4n) is 1.00. The molecule has 15 heavy (non-hydrogen) atoms. The molecule has 0 rings (SSSR count). The van der Waals surface area contributed by atoms with Gasteiger partial charge in [0.2, 0.25) is 0 Å². The molecule has 0 bridgehead atoms. The summed E-state index contributed by atoms with van der Waals surface area (Å²) in [5, 5.41) is 11.0. The molecule has 0 aromatic rings. The van der Waals surface area contributed by atoms with Crippen LogP contribution in [0.25, 0.3) is 0 Å². The quantitative estimate of drug-likeness (QED) is 0.613. The second kappa shape index (κ2) is 8.05. The number of carbonyl (C=O) groups excluding carboxylic acids is 1. The van der Waals surface area contributed by atoms with Gasteiger partial charge >= 0.3 is 12.1 Å². The molecule has 0 heterocycles. The van der Waals surface area contributed by atoms with E-state index in [1.54, 1.807) is 6.92 Å². The summed E-state index contributed by atoms with van der Waals surface area (Å²) in [6, 6.07) is -0.917. The Kier molecular flexibility index (Phi) is 7.35. The van der Waals surface area contributed by atoms with Crippen LogP contribution in [0.1, 0.15) is 19.8 Å². The van der Waals surface area contributed by atoms with Crippen LogP contribution in [0.3, 0.4) is 0 Å². The predicted molar refractivity (Wildman–Crippen MR) is 52.7 cm³/mol. The van der Waals surface area contributed by atoms with Gasteiger partial charge in [-0.15, -0.1) is 0 Å². The highest BCUT2D eigenvalue weighted by Gasteiger charge is 2.19. The van der Waals surface area contributed by atoms with Crippen molar-refractivity contribution in [3.8, 4) is 0 Å². The number of aliphatic carboxylic acids is 1. The molecule has 0 saturated carbocycles. The van der Waals surface area contributed by atoms with E-state index in [9.17, 15) is 9.59 Å². The third-order valence-corrected chi connectivity index (χ3v) is 1.71. The average Bonchev–Trinajstić information content (AvgIpc) is 2.16. The Morgan fingerprint density at radius 2 is 2.13 bits per heavy atom. The first-order valence-corrected chi connectivity index (χ1v) is 4.76. The first-order valence-electron chi connectivity index (χ1n) is 4.76. The topological polar surface area (TPSA) is 84.9 Å². The standard InChI is InChI=1S/C9H17NO5/c1-3-15-9(13)10-7(8(11)12)5-4-6-14-2/h7H,3-6H2,1-2H3,(H,10,13)(H,11,12). The second-order valence-corrected chi connectivity index (χ2v) is 2.89. The van der Waals surface area contributed by atoms with Crippen LogP contribution in [0.15, 0.2) is 0 Å². The number of carboxylic acids is 1. The third-order valence-electron chi connectivity index (χ3n) is 1.71. The summed E-state index contributed by atoms with van der Waals surface area (Å²) in [7, 11) is 1.54. The van der Waals surface area contributed by atoms with Crippen LogP contribution >= 0.6 is 0 Å². The SMILES string of the molecule is CCOC(=O)NC(CCCOC)C(=O)O. The van der Waals surface area contributed by atoms with Crippen molar-refractivity contribution in [1.82, 2.24) is 5.32 Å². The fraction of sp³-hybridized carbons (Fsp3) is 0.778. The van der Waals surface area contributed by atoms with Crippen LogP contribution in [0, 0.1) is 0 Å². The van der Waals surface area contributed by atoms with Crippen LogP contribution < -0.4 is 5.32 Å². The van der Waals surface area contributed by atoms with E-state index in [2.05, 4.69) is 10.1 Å². The lowest BCUT2D eigenvalue weighted by molar-refractivity contribution is -0.139. The van der Waals surface area contributed by atoms with E-state index in [0.717, 1.165) is 0 Å². The number of nitrogens with one attached hydrogen (secondary N) is 1. The highest BCUT2D eigenvalue weighted by atomic mass is 16.5. The first-order chi connectivity index (χ1) is 7.11. The molecule has 6 heteroatoms. The number of ether oxygens (including phenoxy) is 2. The van der Waals surface area contributed by atoms with Crippen LogP contribution in [0.5, 0.6) is 0 Å². The highest BCUT2D eigenvalue weighted by Crippen LogP contribution is 1.98. The van der Waals surface area contributed by atoms with Gasteiger partial charge in [-0.1, -0.05) is 0 Å². The Balaban J connectivity index is 3.93. The molecular weight excluding hydrogens is 202 g/mol. The van der Waals surface area contributed by atoms with Crippen molar-refractivity contribution < 1.29 is 24.2 Å². The van der Waals surface area contributed by atoms with Gasteiger partial charge in [0, 0.05) is 13.7 Å². The van der Waals surface area contributed by atoms with Gasteiger partial charge in [0.15, 0.2) is 0 Å². The van der Waals surface area contributed by atoms with E-state index in [0.29, 0.717) is 19.4 Å². The molecule has 1 atom stereocenters. The molecule has 6 nitrogen and oxygen atoms in total. The lowest BCUT2D eigenvalue weighted by Crippen LogP contribution is -2.41. The Morgan fingerprint density at radius 1 is 1.47 bits per heavy atom. The molecule has 0 aromatic heterocycles. The Morgan fingerprint density at radius 3 is 2.60 bits per heavy atom. The first kappa shape index (κ1) is 13.7. The van der Waals surface area contributed by atoms with E-state index in [1.807, 2.05) is 0 Å². The van der Waals surface area contributed by atoms with E-state index in [-0.39, 0.29) is 6.61 Å². The number of carbonyl (C=O) groups is 2. The van der Waals surface area contributed by atoms with Crippen molar-refractivity contribution in [3.63, 3.8) is 0 Å². The molecular formula is C9H17NO5. The van der Waals surface area contributed by atoms with E-state index in [1.165, 1.54) is 7.11 Å². The lowest BCUT2D eigenvalue weighted by atomic mass is 10.1. The monoisotopic (exact) mass is 219 g/mol. The maximum Gasteiger partial charge on any atom is 0.407 e. The van der Waals surface area contributed by atoms with Gasteiger partial charge < -0.3 is 19.9 Å². The molecule has 0 saturated heterocycles. The van der Waals surface area contributed by atoms with Gasteiger partial charge in [-0.2, -0.15) is 0 Å². The maximum absolute atomic E-state index is 11.0. The molecule has 0 aliphatic heterocycles. The summed E-state index contributed by atoms with van der Waals surface area (Å²) < 4.78 is 9.37. The summed E-state index contributed by atoms with van der Waals surface area (Å²) in [6.07, 6.45) is 0.185. The molecule has 0 aliphatic carbocycles. The molecule has 0 fully saturated rings. The summed E-state index contributed by atoms with van der Waals surface area (Å²) >= 11 is 0. The van der Waals surface area contributed by atoms with Crippen molar-refractivity contribution in [2.45, 2.75) is 25.8 Å². The molecule has 0 radical (unpaired) electrons. The summed E-state index contributed by atoms with van der Waals surface area (Å²) in [5.41, 5.74) is 0. The maximum atomic E-state index is 11.0. The molecule has 0 aliphatic rings. The third kappa shape index (κ3) is 6.73. The van der Waals surface area contributed by atoms with Crippen molar-refractivity contribution in [3.05, 3.63) is 0 Å². The van der Waals surface area contributed by atoms with Crippen molar-refractivity contribution >= 4 is 12.1 Å². The van der Waals surface area contributed by atoms with Crippen molar-refractivity contribution in [2.24, 2.45) is 0 Å². The molecule has 1 amide bonds. The minimum Gasteiger partial charge on any atom is -0.480 e. The number of methoxy groups -OCH3 is 1. The van der Waals surface area contributed by atoms with Gasteiger partial charge in [0.1, 0.15) is 6.04 Å². The van der Waals surface area contributed by atoms with Crippen LogP contribution in [-0.4, -0.2) is 43.5 Å². The Labute approximate surface area is 88.6 Å². The van der Waals surface area contributed by atoms with Gasteiger partial charge in [0.05, 0.1) is 6.61 Å².